The van der Waals surface area contributed by atoms with Crippen molar-refractivity contribution in [1.29, 1.82) is 0 Å². The maximum atomic E-state index is 12.0. The molecule has 0 aromatic carbocycles. The van der Waals surface area contributed by atoms with Crippen LogP contribution in [0, 0.1) is 45.3 Å². The molecule has 0 aromatic rings. The zero-order valence-electron chi connectivity index (χ0n) is 28.7. The highest BCUT2D eigenvalue weighted by Crippen LogP contribution is 2.75. The Morgan fingerprint density at radius 2 is 1.60 bits per heavy atom. The molecular formula is C36H62O9. The topological polar surface area (TPSA) is 160 Å². The van der Waals surface area contributed by atoms with Crippen molar-refractivity contribution in [2.24, 2.45) is 45.3 Å². The van der Waals surface area contributed by atoms with Gasteiger partial charge in [0.2, 0.25) is 0 Å². The van der Waals surface area contributed by atoms with Crippen LogP contribution in [0.15, 0.2) is 11.6 Å². The monoisotopic (exact) mass is 638 g/mol. The van der Waals surface area contributed by atoms with Crippen LogP contribution in [0.2, 0.25) is 0 Å². The van der Waals surface area contributed by atoms with Gasteiger partial charge in [-0.2, -0.15) is 0 Å². The van der Waals surface area contributed by atoms with Crippen molar-refractivity contribution in [3.63, 3.8) is 0 Å². The van der Waals surface area contributed by atoms with Crippen molar-refractivity contribution < 1.29 is 45.2 Å². The summed E-state index contributed by atoms with van der Waals surface area (Å²) in [4.78, 5) is 0. The van der Waals surface area contributed by atoms with E-state index in [1.807, 2.05) is 19.9 Å². The van der Waals surface area contributed by atoms with Crippen molar-refractivity contribution in [3.8, 4) is 0 Å². The van der Waals surface area contributed by atoms with Crippen LogP contribution in [0.4, 0.5) is 0 Å². The van der Waals surface area contributed by atoms with Gasteiger partial charge in [0.1, 0.15) is 24.4 Å². The molecule has 5 fully saturated rings. The minimum atomic E-state index is -1.47. The maximum absolute atomic E-state index is 12.0. The van der Waals surface area contributed by atoms with Crippen molar-refractivity contribution >= 4 is 0 Å². The van der Waals surface area contributed by atoms with E-state index in [2.05, 4.69) is 34.6 Å². The maximum Gasteiger partial charge on any atom is 0.187 e. The number of aliphatic hydroxyl groups is 7. The largest absolute Gasteiger partial charge is 0.394 e. The standard InChI is InChI=1S/C36H62O9/c1-20(19-44-31-29(42)28(41)27(40)24(18-37)45-31)9-8-14-36(7,43)22-12-16-34(5)21(22)10-11-25-33(4)15-13-26(39)32(2,3)30(33)23(38)17-35(25,34)6/h9,21-31,37-43H,8,10-19H2,1-7H3/b20-9-/t21-,22-,23-,24+,25+,26+,27+,28-,29+,30-,31+,33-,34+,35-,36+/m1/s1. The molecule has 15 atom stereocenters. The lowest BCUT2D eigenvalue weighted by Gasteiger charge is -2.71. The number of allylic oxidation sites excluding steroid dienone is 1. The minimum absolute atomic E-state index is 0.0186. The van der Waals surface area contributed by atoms with Gasteiger partial charge < -0.3 is 45.2 Å². The van der Waals surface area contributed by atoms with Gasteiger partial charge in [0.25, 0.3) is 0 Å². The van der Waals surface area contributed by atoms with Crippen LogP contribution in [-0.4, -0.2) is 97.5 Å². The quantitative estimate of drug-likeness (QED) is 0.198. The van der Waals surface area contributed by atoms with Crippen LogP contribution in [0.5, 0.6) is 0 Å². The van der Waals surface area contributed by atoms with Crippen LogP contribution in [0.1, 0.15) is 106 Å². The number of fused-ring (bicyclic) bond motifs is 5. The van der Waals surface area contributed by atoms with E-state index in [0.29, 0.717) is 24.7 Å². The summed E-state index contributed by atoms with van der Waals surface area (Å²) in [5.74, 6) is 1.10. The van der Waals surface area contributed by atoms with Crippen molar-refractivity contribution in [2.75, 3.05) is 13.2 Å². The Balaban J connectivity index is 1.23. The molecule has 0 radical (unpaired) electrons. The fraction of sp³-hybridized carbons (Fsp3) is 0.944. The van der Waals surface area contributed by atoms with E-state index in [4.69, 9.17) is 9.47 Å². The molecule has 0 spiro atoms. The summed E-state index contributed by atoms with van der Waals surface area (Å²) in [7, 11) is 0. The van der Waals surface area contributed by atoms with Gasteiger partial charge in [-0.05, 0) is 117 Å². The average molecular weight is 639 g/mol. The molecular weight excluding hydrogens is 576 g/mol. The molecule has 4 saturated carbocycles. The van der Waals surface area contributed by atoms with Crippen LogP contribution in [0.25, 0.3) is 0 Å². The minimum Gasteiger partial charge on any atom is -0.394 e. The second-order valence-electron chi connectivity index (χ2n) is 17.3. The van der Waals surface area contributed by atoms with Crippen LogP contribution >= 0.6 is 0 Å². The summed E-state index contributed by atoms with van der Waals surface area (Å²) < 4.78 is 11.1. The summed E-state index contributed by atoms with van der Waals surface area (Å²) in [6.45, 7) is 15.1. The zero-order chi connectivity index (χ0) is 33.3. The second kappa shape index (κ2) is 12.4. The Morgan fingerprint density at radius 3 is 2.27 bits per heavy atom. The smallest absolute Gasteiger partial charge is 0.187 e. The molecule has 0 unspecified atom stereocenters. The second-order valence-corrected chi connectivity index (χ2v) is 17.3. The zero-order valence-corrected chi connectivity index (χ0v) is 28.7. The number of hydrogen-bond donors (Lipinski definition) is 7. The number of hydrogen-bond acceptors (Lipinski definition) is 9. The molecule has 0 aromatic heterocycles. The number of rotatable bonds is 8. The lowest BCUT2D eigenvalue weighted by Crippen LogP contribution is -2.68. The summed E-state index contributed by atoms with van der Waals surface area (Å²) in [5.41, 5.74) is -0.321. The van der Waals surface area contributed by atoms with Gasteiger partial charge in [0, 0.05) is 0 Å². The third-order valence-electron chi connectivity index (χ3n) is 14.5. The summed E-state index contributed by atoms with van der Waals surface area (Å²) in [6, 6.07) is 0. The van der Waals surface area contributed by atoms with Gasteiger partial charge in [-0.1, -0.05) is 46.3 Å². The molecule has 260 valence electrons. The van der Waals surface area contributed by atoms with Crippen LogP contribution in [-0.2, 0) is 9.47 Å². The predicted octanol–water partition coefficient (Wildman–Crippen LogP) is 3.30. The highest BCUT2D eigenvalue weighted by Gasteiger charge is 2.71. The summed E-state index contributed by atoms with van der Waals surface area (Å²) in [5, 5.41) is 74.4. The molecule has 1 heterocycles. The average Bonchev–Trinajstić information content (AvgIpc) is 3.32. The van der Waals surface area contributed by atoms with E-state index in [0.717, 1.165) is 50.5 Å². The van der Waals surface area contributed by atoms with E-state index in [-0.39, 0.29) is 46.2 Å². The van der Waals surface area contributed by atoms with E-state index < -0.39 is 49.0 Å². The normalized spacial score (nSPS) is 51.2. The Labute approximate surface area is 270 Å². The summed E-state index contributed by atoms with van der Waals surface area (Å²) in [6.07, 6.45) is 2.66. The third-order valence-corrected chi connectivity index (χ3v) is 14.5. The predicted molar refractivity (Wildman–Crippen MR) is 170 cm³/mol. The number of aliphatic hydroxyl groups excluding tert-OH is 6. The molecule has 0 bridgehead atoms. The lowest BCUT2D eigenvalue weighted by molar-refractivity contribution is -0.299. The van der Waals surface area contributed by atoms with Crippen LogP contribution < -0.4 is 0 Å². The summed E-state index contributed by atoms with van der Waals surface area (Å²) >= 11 is 0. The molecule has 45 heavy (non-hydrogen) atoms. The van der Waals surface area contributed by atoms with Gasteiger partial charge in [-0.15, -0.1) is 0 Å². The van der Waals surface area contributed by atoms with E-state index in [1.54, 1.807) is 0 Å². The SMILES string of the molecule is C/C(=C/CC[C@](C)(O)[C@@H]1CC[C@@]2(C)[C@@H]1CC[C@H]1[C@@]3(C)CC[C@H](O)C(C)(C)[C@H]3[C@H](O)C[C@]12C)CO[C@H]1O[C@@H](CO)[C@H](O)[C@@H](O)[C@@H]1O. The Hall–Kier alpha value is -0.620. The Bertz CT molecular complexity index is 1090. The molecule has 9 nitrogen and oxygen atoms in total. The highest BCUT2D eigenvalue weighted by molar-refractivity contribution is 5.20. The van der Waals surface area contributed by atoms with E-state index >= 15 is 0 Å². The molecule has 9 heteroatoms. The first kappa shape index (κ1) is 35.7. The van der Waals surface area contributed by atoms with Crippen molar-refractivity contribution in [1.82, 2.24) is 0 Å². The highest BCUT2D eigenvalue weighted by atomic mass is 16.7. The van der Waals surface area contributed by atoms with Crippen molar-refractivity contribution in [3.05, 3.63) is 11.6 Å². The molecule has 7 N–H and O–H groups in total. The van der Waals surface area contributed by atoms with E-state index in [1.165, 1.54) is 0 Å². The fourth-order valence-corrected chi connectivity index (χ4v) is 11.9. The van der Waals surface area contributed by atoms with E-state index in [9.17, 15) is 35.7 Å². The molecule has 1 aliphatic heterocycles. The van der Waals surface area contributed by atoms with Gasteiger partial charge in [-0.3, -0.25) is 0 Å². The first-order valence-electron chi connectivity index (χ1n) is 17.5. The number of ether oxygens (including phenoxy) is 2. The molecule has 1 saturated heterocycles. The van der Waals surface area contributed by atoms with Crippen molar-refractivity contribution in [2.45, 2.75) is 155 Å². The molecule has 0 amide bonds. The van der Waals surface area contributed by atoms with Gasteiger partial charge >= 0.3 is 0 Å². The van der Waals surface area contributed by atoms with Gasteiger partial charge in [0.15, 0.2) is 6.29 Å². The van der Waals surface area contributed by atoms with Gasteiger partial charge in [-0.25, -0.2) is 0 Å². The first-order chi connectivity index (χ1) is 20.8. The molecule has 4 aliphatic carbocycles. The molecule has 5 aliphatic rings. The Morgan fingerprint density at radius 1 is 0.911 bits per heavy atom. The van der Waals surface area contributed by atoms with Gasteiger partial charge in [0.05, 0.1) is 31.0 Å². The lowest BCUT2D eigenvalue weighted by atomic mass is 9.35. The first-order valence-corrected chi connectivity index (χ1v) is 17.5. The third kappa shape index (κ3) is 5.68. The Kier molecular flexibility index (Phi) is 9.80. The molecule has 5 rings (SSSR count). The van der Waals surface area contributed by atoms with Crippen LogP contribution in [0.3, 0.4) is 0 Å². The fourth-order valence-electron chi connectivity index (χ4n) is 11.9.